The second kappa shape index (κ2) is 14.9. The first-order valence-electron chi connectivity index (χ1n) is 12.6. The first kappa shape index (κ1) is 34.4. The van der Waals surface area contributed by atoms with Crippen LogP contribution in [0.25, 0.3) is 5.69 Å². The number of amides is 1. The maximum atomic E-state index is 14.3. The minimum atomic E-state index is -1.65. The number of hydrogen-bond donors (Lipinski definition) is 2. The number of aromatic nitrogens is 2. The van der Waals surface area contributed by atoms with Gasteiger partial charge >= 0.3 is 29.6 Å². The molecule has 216 valence electrons. The van der Waals surface area contributed by atoms with Crippen molar-refractivity contribution in [2.75, 3.05) is 7.05 Å². The van der Waals surface area contributed by atoms with Crippen molar-refractivity contribution in [2.24, 2.45) is 0 Å². The molecule has 41 heavy (non-hydrogen) atoms. The molecule has 0 aliphatic heterocycles. The van der Waals surface area contributed by atoms with Gasteiger partial charge in [-0.05, 0) is 55.5 Å². The van der Waals surface area contributed by atoms with Crippen LogP contribution >= 0.6 is 0 Å². The molecule has 1 heterocycles. The average molecular weight is 588 g/mol. The van der Waals surface area contributed by atoms with E-state index < -0.39 is 53.8 Å². The summed E-state index contributed by atoms with van der Waals surface area (Å²) >= 11 is 0. The van der Waals surface area contributed by atoms with Crippen molar-refractivity contribution in [3.63, 3.8) is 0 Å². The standard InChI is InChI=1S/C28H31F4N3O5.Na/c1-15(2)24-22(11-9-19(36)12-20(37)13-23(38)39)35(18-7-5-17(29)6-8-18)33-27(24)28(40)34(3)14-16-4-10-21(30)26(32)25(16)31;/h4-8,10,15,19-20,36-37H,9,11-14H2,1-3H3,(H,38,39);/q;+1/p-1. The van der Waals surface area contributed by atoms with Gasteiger partial charge in [-0.3, -0.25) is 4.79 Å². The zero-order valence-corrected chi connectivity index (χ0v) is 25.2. The Balaban J connectivity index is 0.00000588. The Morgan fingerprint density at radius 3 is 2.22 bits per heavy atom. The van der Waals surface area contributed by atoms with Crippen molar-refractivity contribution in [1.82, 2.24) is 14.7 Å². The predicted octanol–water partition coefficient (Wildman–Crippen LogP) is 0.0128. The van der Waals surface area contributed by atoms with Gasteiger partial charge in [0.05, 0.1) is 17.9 Å². The van der Waals surface area contributed by atoms with Gasteiger partial charge < -0.3 is 25.0 Å². The minimum Gasteiger partial charge on any atom is -0.550 e. The Bertz CT molecular complexity index is 1370. The monoisotopic (exact) mass is 587 g/mol. The van der Waals surface area contributed by atoms with E-state index in [1.807, 2.05) is 0 Å². The van der Waals surface area contributed by atoms with E-state index in [0.29, 0.717) is 16.9 Å². The molecule has 0 radical (unpaired) electrons. The number of aliphatic hydroxyl groups excluding tert-OH is 2. The fraction of sp³-hybridized carbons (Fsp3) is 0.393. The van der Waals surface area contributed by atoms with Crippen molar-refractivity contribution in [3.05, 3.63) is 82.2 Å². The van der Waals surface area contributed by atoms with Crippen LogP contribution in [0.4, 0.5) is 17.6 Å². The van der Waals surface area contributed by atoms with E-state index in [0.717, 1.165) is 17.0 Å². The van der Waals surface area contributed by atoms with Crippen LogP contribution in [0.2, 0.25) is 0 Å². The first-order chi connectivity index (χ1) is 18.8. The quantitative estimate of drug-likeness (QED) is 0.175. The third kappa shape index (κ3) is 8.62. The molecule has 0 spiro atoms. The first-order valence-corrected chi connectivity index (χ1v) is 12.6. The molecule has 1 aromatic heterocycles. The van der Waals surface area contributed by atoms with Gasteiger partial charge in [-0.1, -0.05) is 19.9 Å². The molecule has 2 unspecified atom stereocenters. The third-order valence-electron chi connectivity index (χ3n) is 6.40. The zero-order valence-electron chi connectivity index (χ0n) is 23.2. The van der Waals surface area contributed by atoms with Gasteiger partial charge in [0.15, 0.2) is 23.1 Å². The molecule has 0 saturated carbocycles. The average Bonchev–Trinajstić information content (AvgIpc) is 3.27. The van der Waals surface area contributed by atoms with Gasteiger partial charge in [0.1, 0.15) is 5.82 Å². The fourth-order valence-electron chi connectivity index (χ4n) is 4.47. The van der Waals surface area contributed by atoms with Crippen molar-refractivity contribution >= 4 is 11.9 Å². The predicted molar refractivity (Wildman–Crippen MR) is 134 cm³/mol. The summed E-state index contributed by atoms with van der Waals surface area (Å²) in [6.45, 7) is 3.23. The topological polar surface area (TPSA) is 119 Å². The smallest absolute Gasteiger partial charge is 0.550 e. The van der Waals surface area contributed by atoms with Crippen molar-refractivity contribution < 1.29 is 72.0 Å². The maximum absolute atomic E-state index is 14.3. The largest absolute Gasteiger partial charge is 1.00 e. The molecule has 2 aromatic carbocycles. The molecule has 13 heteroatoms. The Hall–Kier alpha value is -2.77. The number of hydrogen-bond acceptors (Lipinski definition) is 6. The summed E-state index contributed by atoms with van der Waals surface area (Å²) < 4.78 is 56.4. The van der Waals surface area contributed by atoms with Gasteiger partial charge in [-0.2, -0.15) is 5.10 Å². The summed E-state index contributed by atoms with van der Waals surface area (Å²) in [5, 5.41) is 35.5. The summed E-state index contributed by atoms with van der Waals surface area (Å²) in [7, 11) is 1.35. The molecule has 0 bridgehead atoms. The second-order valence-electron chi connectivity index (χ2n) is 9.91. The number of benzene rings is 2. The van der Waals surface area contributed by atoms with Crippen molar-refractivity contribution in [1.29, 1.82) is 0 Å². The number of carbonyl (C=O) groups is 2. The molecule has 2 atom stereocenters. The van der Waals surface area contributed by atoms with Crippen LogP contribution in [0.1, 0.15) is 66.3 Å². The molecular formula is C28H30F4N3NaO5. The van der Waals surface area contributed by atoms with Gasteiger partial charge in [-0.25, -0.2) is 22.2 Å². The van der Waals surface area contributed by atoms with E-state index in [2.05, 4.69) is 5.10 Å². The summed E-state index contributed by atoms with van der Waals surface area (Å²) in [6, 6.07) is 7.12. The summed E-state index contributed by atoms with van der Waals surface area (Å²) in [5.41, 5.74) is 1.17. The molecule has 8 nitrogen and oxygen atoms in total. The van der Waals surface area contributed by atoms with Crippen LogP contribution in [0.5, 0.6) is 0 Å². The van der Waals surface area contributed by atoms with Gasteiger partial charge in [0, 0.05) is 42.8 Å². The molecule has 2 N–H and O–H groups in total. The zero-order chi connectivity index (χ0) is 29.7. The minimum absolute atomic E-state index is 0. The van der Waals surface area contributed by atoms with Gasteiger partial charge in [0.2, 0.25) is 0 Å². The van der Waals surface area contributed by atoms with E-state index >= 15 is 0 Å². The van der Waals surface area contributed by atoms with E-state index in [-0.39, 0.29) is 72.5 Å². The Morgan fingerprint density at radius 1 is 1.00 bits per heavy atom. The van der Waals surface area contributed by atoms with Gasteiger partial charge in [0.25, 0.3) is 5.91 Å². The molecule has 3 aromatic rings. The van der Waals surface area contributed by atoms with Crippen molar-refractivity contribution in [3.8, 4) is 5.69 Å². The number of halogens is 4. The number of carboxylic acids is 1. The summed E-state index contributed by atoms with van der Waals surface area (Å²) in [6.07, 6.45) is -3.04. The SMILES string of the molecule is CC(C)c1c(C(=O)N(C)Cc2ccc(F)c(F)c2F)nn(-c2ccc(F)cc2)c1CCC(O)CC(O)CC(=O)[O-].[Na+]. The van der Waals surface area contributed by atoms with Crippen LogP contribution < -0.4 is 34.7 Å². The van der Waals surface area contributed by atoms with Crippen LogP contribution in [-0.4, -0.2) is 56.0 Å². The molecule has 1 amide bonds. The molecular weight excluding hydrogens is 557 g/mol. The summed E-state index contributed by atoms with van der Waals surface area (Å²) in [5.74, 6) is -7.27. The fourth-order valence-corrected chi connectivity index (χ4v) is 4.47. The third-order valence-corrected chi connectivity index (χ3v) is 6.40. The van der Waals surface area contributed by atoms with Crippen molar-refractivity contribution in [2.45, 2.75) is 64.2 Å². The molecule has 0 aliphatic rings. The molecule has 3 rings (SSSR count). The van der Waals surface area contributed by atoms with Gasteiger partial charge in [-0.15, -0.1) is 0 Å². The Morgan fingerprint density at radius 2 is 1.63 bits per heavy atom. The van der Waals surface area contributed by atoms with Crippen LogP contribution in [0.15, 0.2) is 36.4 Å². The van der Waals surface area contributed by atoms with Crippen LogP contribution in [-0.2, 0) is 17.8 Å². The second-order valence-corrected chi connectivity index (χ2v) is 9.91. The van der Waals surface area contributed by atoms with E-state index in [4.69, 9.17) is 0 Å². The molecule has 0 saturated heterocycles. The molecule has 0 aliphatic carbocycles. The Labute approximate surface area is 256 Å². The number of carbonyl (C=O) groups excluding carboxylic acids is 2. The van der Waals surface area contributed by atoms with E-state index in [9.17, 15) is 42.5 Å². The molecule has 0 fully saturated rings. The number of rotatable bonds is 12. The number of carboxylic acid groups (broad SMARTS) is 1. The van der Waals surface area contributed by atoms with Crippen LogP contribution in [0, 0.1) is 23.3 Å². The Kier molecular flexibility index (Phi) is 12.5. The number of nitrogens with zero attached hydrogens (tertiary/aromatic N) is 3. The van der Waals surface area contributed by atoms with E-state index in [1.165, 1.54) is 36.0 Å². The normalized spacial score (nSPS) is 12.6. The number of aliphatic hydroxyl groups is 2. The maximum Gasteiger partial charge on any atom is 1.00 e. The number of aliphatic carboxylic acids is 1. The van der Waals surface area contributed by atoms with Crippen LogP contribution in [0.3, 0.4) is 0 Å². The summed E-state index contributed by atoms with van der Waals surface area (Å²) in [4.78, 5) is 25.4. The van der Waals surface area contributed by atoms with E-state index in [1.54, 1.807) is 13.8 Å².